The van der Waals surface area contributed by atoms with Crippen LogP contribution in [0.3, 0.4) is 0 Å². The highest BCUT2D eigenvalue weighted by Gasteiger charge is 2.26. The van der Waals surface area contributed by atoms with Gasteiger partial charge < -0.3 is 9.84 Å². The third-order valence-electron chi connectivity index (χ3n) is 3.27. The number of aliphatic hydroxyl groups is 1. The van der Waals surface area contributed by atoms with Crippen molar-refractivity contribution in [1.29, 1.82) is 0 Å². The number of hydrogen-bond acceptors (Lipinski definition) is 3. The predicted molar refractivity (Wildman–Crippen MR) is 63.1 cm³/mol. The van der Waals surface area contributed by atoms with Gasteiger partial charge in [0.25, 0.3) is 0 Å². The molecule has 1 aliphatic rings. The van der Waals surface area contributed by atoms with Crippen molar-refractivity contribution in [3.05, 3.63) is 0 Å². The molecule has 0 saturated heterocycles. The Bertz CT molecular complexity index is 195. The number of esters is 1. The molecule has 1 saturated carbocycles. The molecule has 3 nitrogen and oxygen atoms in total. The van der Waals surface area contributed by atoms with E-state index in [0.717, 1.165) is 38.5 Å². The van der Waals surface area contributed by atoms with Crippen LogP contribution >= 0.6 is 0 Å². The van der Waals surface area contributed by atoms with Crippen LogP contribution in [0.2, 0.25) is 0 Å². The number of carbonyl (C=O) groups is 1. The standard InChI is InChI=1S/C13H24O3/c1-2-3-4-5-10-16-13(15)11-6-8-12(14)9-7-11/h11-12,14H,2-10H2,1H3. The van der Waals surface area contributed by atoms with Gasteiger partial charge in [0.1, 0.15) is 0 Å². The lowest BCUT2D eigenvalue weighted by atomic mass is 9.87. The first kappa shape index (κ1) is 13.5. The van der Waals surface area contributed by atoms with E-state index in [4.69, 9.17) is 4.74 Å². The molecular formula is C13H24O3. The fourth-order valence-electron chi connectivity index (χ4n) is 2.13. The van der Waals surface area contributed by atoms with Crippen LogP contribution in [-0.4, -0.2) is 23.8 Å². The molecule has 0 atom stereocenters. The van der Waals surface area contributed by atoms with Gasteiger partial charge in [-0.05, 0) is 32.1 Å². The van der Waals surface area contributed by atoms with Gasteiger partial charge in [0.15, 0.2) is 0 Å². The minimum absolute atomic E-state index is 0.0366. The fraction of sp³-hybridized carbons (Fsp3) is 0.923. The Morgan fingerprint density at radius 1 is 1.19 bits per heavy atom. The van der Waals surface area contributed by atoms with Crippen LogP contribution in [0.15, 0.2) is 0 Å². The number of unbranched alkanes of at least 4 members (excludes halogenated alkanes) is 3. The lowest BCUT2D eigenvalue weighted by molar-refractivity contribution is -0.150. The zero-order valence-corrected chi connectivity index (χ0v) is 10.3. The van der Waals surface area contributed by atoms with E-state index < -0.39 is 0 Å². The fourth-order valence-corrected chi connectivity index (χ4v) is 2.13. The molecule has 0 radical (unpaired) electrons. The first-order valence-corrected chi connectivity index (χ1v) is 6.58. The predicted octanol–water partition coefficient (Wildman–Crippen LogP) is 2.66. The van der Waals surface area contributed by atoms with Crippen LogP contribution in [0.5, 0.6) is 0 Å². The van der Waals surface area contributed by atoms with Crippen molar-refractivity contribution in [3.63, 3.8) is 0 Å². The zero-order valence-electron chi connectivity index (χ0n) is 10.3. The summed E-state index contributed by atoms with van der Waals surface area (Å²) >= 11 is 0. The maximum Gasteiger partial charge on any atom is 0.308 e. The summed E-state index contributed by atoms with van der Waals surface area (Å²) in [6, 6.07) is 0. The zero-order chi connectivity index (χ0) is 11.8. The molecule has 94 valence electrons. The second kappa shape index (κ2) is 7.66. The van der Waals surface area contributed by atoms with Gasteiger partial charge in [-0.2, -0.15) is 0 Å². The van der Waals surface area contributed by atoms with Gasteiger partial charge in [0, 0.05) is 0 Å². The smallest absolute Gasteiger partial charge is 0.308 e. The highest BCUT2D eigenvalue weighted by Crippen LogP contribution is 2.25. The molecule has 0 aromatic carbocycles. The van der Waals surface area contributed by atoms with Gasteiger partial charge in [-0.15, -0.1) is 0 Å². The monoisotopic (exact) mass is 228 g/mol. The summed E-state index contributed by atoms with van der Waals surface area (Å²) in [5.41, 5.74) is 0. The lowest BCUT2D eigenvalue weighted by Crippen LogP contribution is -2.26. The number of ether oxygens (including phenoxy) is 1. The molecule has 0 amide bonds. The Morgan fingerprint density at radius 2 is 1.88 bits per heavy atom. The topological polar surface area (TPSA) is 46.5 Å². The van der Waals surface area contributed by atoms with E-state index in [1.165, 1.54) is 12.8 Å². The summed E-state index contributed by atoms with van der Waals surface area (Å²) in [5, 5.41) is 9.33. The summed E-state index contributed by atoms with van der Waals surface area (Å²) < 4.78 is 5.24. The highest BCUT2D eigenvalue weighted by atomic mass is 16.5. The minimum atomic E-state index is -0.200. The number of carbonyl (C=O) groups excluding carboxylic acids is 1. The molecule has 3 heteroatoms. The average Bonchev–Trinajstić information content (AvgIpc) is 2.29. The van der Waals surface area contributed by atoms with Crippen LogP contribution in [0.1, 0.15) is 58.3 Å². The molecule has 0 spiro atoms. The molecule has 0 bridgehead atoms. The van der Waals surface area contributed by atoms with Gasteiger partial charge in [-0.25, -0.2) is 0 Å². The Labute approximate surface area is 98.2 Å². The molecule has 1 N–H and O–H groups in total. The second-order valence-corrected chi connectivity index (χ2v) is 4.73. The Kier molecular flexibility index (Phi) is 6.46. The van der Waals surface area contributed by atoms with Gasteiger partial charge in [-0.3, -0.25) is 4.79 Å². The number of rotatable bonds is 6. The number of hydrogen-bond donors (Lipinski definition) is 1. The third-order valence-corrected chi connectivity index (χ3v) is 3.27. The SMILES string of the molecule is CCCCCCOC(=O)C1CCC(O)CC1. The van der Waals surface area contributed by atoms with Crippen molar-refractivity contribution in [2.24, 2.45) is 5.92 Å². The minimum Gasteiger partial charge on any atom is -0.465 e. The first-order valence-electron chi connectivity index (χ1n) is 6.58. The van der Waals surface area contributed by atoms with Crippen LogP contribution in [0.25, 0.3) is 0 Å². The first-order chi connectivity index (χ1) is 7.74. The number of aliphatic hydroxyl groups excluding tert-OH is 1. The van der Waals surface area contributed by atoms with Gasteiger partial charge in [0.05, 0.1) is 18.6 Å². The molecular weight excluding hydrogens is 204 g/mol. The normalized spacial score (nSPS) is 25.4. The molecule has 16 heavy (non-hydrogen) atoms. The molecule has 0 aromatic heterocycles. The third kappa shape index (κ3) is 4.97. The lowest BCUT2D eigenvalue weighted by Gasteiger charge is -2.23. The maximum atomic E-state index is 11.6. The average molecular weight is 228 g/mol. The van der Waals surface area contributed by atoms with E-state index in [0.29, 0.717) is 6.61 Å². The summed E-state index contributed by atoms with van der Waals surface area (Å²) in [4.78, 5) is 11.6. The Morgan fingerprint density at radius 3 is 2.50 bits per heavy atom. The van der Waals surface area contributed by atoms with Crippen LogP contribution in [0.4, 0.5) is 0 Å². The van der Waals surface area contributed by atoms with Crippen molar-refractivity contribution < 1.29 is 14.6 Å². The van der Waals surface area contributed by atoms with E-state index in [-0.39, 0.29) is 18.0 Å². The van der Waals surface area contributed by atoms with Crippen molar-refractivity contribution in [1.82, 2.24) is 0 Å². The van der Waals surface area contributed by atoms with Gasteiger partial charge in [0.2, 0.25) is 0 Å². The molecule has 1 aliphatic carbocycles. The molecule has 0 heterocycles. The summed E-state index contributed by atoms with van der Waals surface area (Å²) in [7, 11) is 0. The van der Waals surface area contributed by atoms with E-state index in [2.05, 4.69) is 6.92 Å². The largest absolute Gasteiger partial charge is 0.465 e. The van der Waals surface area contributed by atoms with Gasteiger partial charge >= 0.3 is 5.97 Å². The van der Waals surface area contributed by atoms with E-state index in [9.17, 15) is 9.90 Å². The van der Waals surface area contributed by atoms with Crippen LogP contribution in [-0.2, 0) is 9.53 Å². The Balaban J connectivity index is 2.06. The molecule has 1 fully saturated rings. The quantitative estimate of drug-likeness (QED) is 0.561. The van der Waals surface area contributed by atoms with E-state index in [1.54, 1.807) is 0 Å². The van der Waals surface area contributed by atoms with Crippen molar-refractivity contribution in [2.75, 3.05) is 6.61 Å². The highest BCUT2D eigenvalue weighted by molar-refractivity contribution is 5.72. The summed E-state index contributed by atoms with van der Waals surface area (Å²) in [6.45, 7) is 2.73. The maximum absolute atomic E-state index is 11.6. The second-order valence-electron chi connectivity index (χ2n) is 4.73. The van der Waals surface area contributed by atoms with E-state index >= 15 is 0 Å². The van der Waals surface area contributed by atoms with Crippen molar-refractivity contribution in [3.8, 4) is 0 Å². The molecule has 0 aliphatic heterocycles. The summed E-state index contributed by atoms with van der Waals surface area (Å²) in [6.07, 6.45) is 7.41. The van der Waals surface area contributed by atoms with E-state index in [1.807, 2.05) is 0 Å². The molecule has 0 aromatic rings. The van der Waals surface area contributed by atoms with Crippen molar-refractivity contribution in [2.45, 2.75) is 64.4 Å². The van der Waals surface area contributed by atoms with Gasteiger partial charge in [-0.1, -0.05) is 26.2 Å². The molecule has 1 rings (SSSR count). The molecule has 0 unspecified atom stereocenters. The van der Waals surface area contributed by atoms with Crippen LogP contribution < -0.4 is 0 Å². The van der Waals surface area contributed by atoms with Crippen LogP contribution in [0, 0.1) is 5.92 Å². The van der Waals surface area contributed by atoms with Crippen molar-refractivity contribution >= 4 is 5.97 Å². The Hall–Kier alpha value is -0.570. The summed E-state index contributed by atoms with van der Waals surface area (Å²) in [5.74, 6) is -0.0158.